The van der Waals surface area contributed by atoms with Crippen LogP contribution in [-0.4, -0.2) is 75.7 Å². The topological polar surface area (TPSA) is 54.0 Å². The lowest BCUT2D eigenvalue weighted by molar-refractivity contribution is -0.131. The molecule has 0 bridgehead atoms. The van der Waals surface area contributed by atoms with Crippen molar-refractivity contribution in [2.75, 3.05) is 54.0 Å². The number of carbonyl (C=O) groups is 1. The van der Waals surface area contributed by atoms with Crippen molar-refractivity contribution in [3.8, 4) is 11.5 Å². The van der Waals surface area contributed by atoms with Gasteiger partial charge in [-0.25, -0.2) is 0 Å². The number of hydrogen-bond acceptors (Lipinski definition) is 5. The number of carbonyl (C=O) groups excluding carboxylic acids is 1. The van der Waals surface area contributed by atoms with Gasteiger partial charge >= 0.3 is 0 Å². The minimum Gasteiger partial charge on any atom is -0.497 e. The molecule has 0 radical (unpaired) electrons. The molecule has 0 saturated carbocycles. The van der Waals surface area contributed by atoms with Crippen LogP contribution >= 0.6 is 0 Å². The highest BCUT2D eigenvalue weighted by Crippen LogP contribution is 2.36. The Morgan fingerprint density at radius 1 is 1.23 bits per heavy atom. The maximum atomic E-state index is 12.8. The van der Waals surface area contributed by atoms with Crippen LogP contribution in [0.15, 0.2) is 18.2 Å². The van der Waals surface area contributed by atoms with E-state index in [2.05, 4.69) is 17.3 Å². The standard InChI is InChI=1S/C20H31N3O3/c1-22(16-6-9-21-10-7-16)14-20(24)23-11-8-15(13-23)18-12-17(25-2)4-5-19(18)26-3/h4-5,12,15-16,21H,6-11,13-14H2,1-3H3/t15-/m1/s1. The fraction of sp³-hybridized carbons (Fsp3) is 0.650. The van der Waals surface area contributed by atoms with Crippen LogP contribution in [-0.2, 0) is 4.79 Å². The molecule has 1 aromatic carbocycles. The van der Waals surface area contributed by atoms with E-state index in [1.807, 2.05) is 23.1 Å². The predicted molar refractivity (Wildman–Crippen MR) is 102 cm³/mol. The van der Waals surface area contributed by atoms with Gasteiger partial charge in [-0.2, -0.15) is 0 Å². The van der Waals surface area contributed by atoms with Gasteiger partial charge < -0.3 is 19.7 Å². The predicted octanol–water partition coefficient (Wildman–Crippen LogP) is 1.70. The van der Waals surface area contributed by atoms with E-state index in [-0.39, 0.29) is 5.91 Å². The fourth-order valence-corrected chi connectivity index (χ4v) is 4.09. The molecule has 2 heterocycles. The molecule has 2 saturated heterocycles. The van der Waals surface area contributed by atoms with Crippen LogP contribution in [0, 0.1) is 0 Å². The van der Waals surface area contributed by atoms with Crippen molar-refractivity contribution in [1.82, 2.24) is 15.1 Å². The molecule has 1 aromatic rings. The van der Waals surface area contributed by atoms with Gasteiger partial charge in [-0.1, -0.05) is 0 Å². The fourth-order valence-electron chi connectivity index (χ4n) is 4.09. The Kier molecular flexibility index (Phi) is 6.38. The van der Waals surface area contributed by atoms with Gasteiger partial charge in [0.05, 0.1) is 20.8 Å². The van der Waals surface area contributed by atoms with Crippen molar-refractivity contribution in [2.24, 2.45) is 0 Å². The normalized spacial score (nSPS) is 21.2. The number of benzene rings is 1. The Bertz CT molecular complexity index is 616. The first-order valence-electron chi connectivity index (χ1n) is 9.53. The zero-order valence-electron chi connectivity index (χ0n) is 16.2. The number of hydrogen-bond donors (Lipinski definition) is 1. The number of amides is 1. The first-order valence-corrected chi connectivity index (χ1v) is 9.53. The molecule has 0 aliphatic carbocycles. The lowest BCUT2D eigenvalue weighted by Crippen LogP contribution is -2.46. The molecular formula is C20H31N3O3. The van der Waals surface area contributed by atoms with Gasteiger partial charge in [0, 0.05) is 30.6 Å². The summed E-state index contributed by atoms with van der Waals surface area (Å²) in [6.07, 6.45) is 3.20. The van der Waals surface area contributed by atoms with Crippen LogP contribution in [0.4, 0.5) is 0 Å². The molecular weight excluding hydrogens is 330 g/mol. The summed E-state index contributed by atoms with van der Waals surface area (Å²) >= 11 is 0. The second-order valence-electron chi connectivity index (χ2n) is 7.33. The maximum absolute atomic E-state index is 12.8. The summed E-state index contributed by atoms with van der Waals surface area (Å²) in [5.74, 6) is 2.23. The van der Waals surface area contributed by atoms with Gasteiger partial charge in [-0.3, -0.25) is 9.69 Å². The van der Waals surface area contributed by atoms with E-state index in [1.54, 1.807) is 14.2 Å². The van der Waals surface area contributed by atoms with Gasteiger partial charge in [0.2, 0.25) is 5.91 Å². The van der Waals surface area contributed by atoms with Crippen LogP contribution in [0.5, 0.6) is 11.5 Å². The molecule has 0 aromatic heterocycles. The Morgan fingerprint density at radius 3 is 2.69 bits per heavy atom. The largest absolute Gasteiger partial charge is 0.497 e. The summed E-state index contributed by atoms with van der Waals surface area (Å²) in [4.78, 5) is 17.0. The van der Waals surface area contributed by atoms with E-state index in [4.69, 9.17) is 9.47 Å². The molecule has 2 aliphatic rings. The number of methoxy groups -OCH3 is 2. The number of nitrogens with one attached hydrogen (secondary N) is 1. The zero-order chi connectivity index (χ0) is 18.5. The van der Waals surface area contributed by atoms with Crippen LogP contribution in [0.3, 0.4) is 0 Å². The van der Waals surface area contributed by atoms with Crippen LogP contribution < -0.4 is 14.8 Å². The van der Waals surface area contributed by atoms with E-state index < -0.39 is 0 Å². The number of nitrogens with zero attached hydrogens (tertiary/aromatic N) is 2. The molecule has 1 N–H and O–H groups in total. The molecule has 1 amide bonds. The van der Waals surface area contributed by atoms with Gasteiger partial charge in [0.15, 0.2) is 0 Å². The smallest absolute Gasteiger partial charge is 0.236 e. The van der Waals surface area contributed by atoms with Crippen molar-refractivity contribution in [1.29, 1.82) is 0 Å². The Hall–Kier alpha value is -1.79. The molecule has 144 valence electrons. The average molecular weight is 361 g/mol. The molecule has 2 fully saturated rings. The van der Waals surface area contributed by atoms with Gasteiger partial charge in [-0.05, 0) is 57.6 Å². The minimum absolute atomic E-state index is 0.232. The number of rotatable bonds is 6. The number of piperidine rings is 1. The number of likely N-dealkylation sites (tertiary alicyclic amines) is 1. The lowest BCUT2D eigenvalue weighted by atomic mass is 9.97. The van der Waals surface area contributed by atoms with E-state index in [9.17, 15) is 4.79 Å². The third-order valence-electron chi connectivity index (χ3n) is 5.73. The molecule has 3 rings (SSSR count). The molecule has 6 heteroatoms. The van der Waals surface area contributed by atoms with Gasteiger partial charge in [0.1, 0.15) is 11.5 Å². The monoisotopic (exact) mass is 361 g/mol. The van der Waals surface area contributed by atoms with E-state index in [0.717, 1.165) is 62.5 Å². The second kappa shape index (κ2) is 8.73. The van der Waals surface area contributed by atoms with Crippen molar-refractivity contribution in [2.45, 2.75) is 31.2 Å². The lowest BCUT2D eigenvalue weighted by Gasteiger charge is -2.32. The Labute approximate surface area is 156 Å². The van der Waals surface area contributed by atoms with Crippen molar-refractivity contribution in [3.63, 3.8) is 0 Å². The van der Waals surface area contributed by atoms with E-state index in [0.29, 0.717) is 18.5 Å². The summed E-state index contributed by atoms with van der Waals surface area (Å²) in [5, 5.41) is 3.38. The van der Waals surface area contributed by atoms with Crippen LogP contribution in [0.1, 0.15) is 30.7 Å². The van der Waals surface area contributed by atoms with Crippen molar-refractivity contribution in [3.05, 3.63) is 23.8 Å². The van der Waals surface area contributed by atoms with Gasteiger partial charge in [0.25, 0.3) is 0 Å². The second-order valence-corrected chi connectivity index (χ2v) is 7.33. The molecule has 1 atom stereocenters. The Morgan fingerprint density at radius 2 is 2.00 bits per heavy atom. The highest BCUT2D eigenvalue weighted by Gasteiger charge is 2.30. The highest BCUT2D eigenvalue weighted by atomic mass is 16.5. The van der Waals surface area contributed by atoms with E-state index >= 15 is 0 Å². The van der Waals surface area contributed by atoms with Crippen LogP contribution in [0.25, 0.3) is 0 Å². The SMILES string of the molecule is COc1ccc(OC)c([C@@H]2CCN(C(=O)CN(C)C3CCNCC3)C2)c1. The summed E-state index contributed by atoms with van der Waals surface area (Å²) in [6, 6.07) is 6.41. The molecule has 0 spiro atoms. The summed E-state index contributed by atoms with van der Waals surface area (Å²) in [6.45, 7) is 4.16. The first-order chi connectivity index (χ1) is 12.6. The van der Waals surface area contributed by atoms with E-state index in [1.165, 1.54) is 0 Å². The molecule has 2 aliphatic heterocycles. The third kappa shape index (κ3) is 4.30. The average Bonchev–Trinajstić information content (AvgIpc) is 3.18. The van der Waals surface area contributed by atoms with Crippen LogP contribution in [0.2, 0.25) is 0 Å². The first kappa shape index (κ1) is 19.0. The van der Waals surface area contributed by atoms with Crippen molar-refractivity contribution >= 4 is 5.91 Å². The molecule has 6 nitrogen and oxygen atoms in total. The zero-order valence-corrected chi connectivity index (χ0v) is 16.2. The number of likely N-dealkylation sites (N-methyl/N-ethyl adjacent to an activating group) is 1. The quantitative estimate of drug-likeness (QED) is 0.836. The molecule has 26 heavy (non-hydrogen) atoms. The minimum atomic E-state index is 0.232. The summed E-state index contributed by atoms with van der Waals surface area (Å²) in [5.41, 5.74) is 1.13. The maximum Gasteiger partial charge on any atom is 0.236 e. The van der Waals surface area contributed by atoms with Gasteiger partial charge in [-0.15, -0.1) is 0 Å². The highest BCUT2D eigenvalue weighted by molar-refractivity contribution is 5.78. The summed E-state index contributed by atoms with van der Waals surface area (Å²) < 4.78 is 10.9. The Balaban J connectivity index is 1.60. The molecule has 0 unspecified atom stereocenters. The summed E-state index contributed by atoms with van der Waals surface area (Å²) in [7, 11) is 5.44. The number of ether oxygens (including phenoxy) is 2. The third-order valence-corrected chi connectivity index (χ3v) is 5.73. The van der Waals surface area contributed by atoms with Crippen molar-refractivity contribution < 1.29 is 14.3 Å².